The largest absolute Gasteiger partial charge is 0.493 e. The van der Waals surface area contributed by atoms with E-state index >= 15 is 0 Å². The molecule has 26 heavy (non-hydrogen) atoms. The van der Waals surface area contributed by atoms with Crippen LogP contribution in [0.4, 0.5) is 0 Å². The van der Waals surface area contributed by atoms with Crippen LogP contribution >= 0.6 is 0 Å². The first kappa shape index (κ1) is 19.6. The summed E-state index contributed by atoms with van der Waals surface area (Å²) in [6.07, 6.45) is 0. The highest BCUT2D eigenvalue weighted by Crippen LogP contribution is 2.27. The topological polar surface area (TPSA) is 75.1 Å². The zero-order valence-electron chi connectivity index (χ0n) is 15.5. The van der Waals surface area contributed by atoms with Crippen LogP contribution in [0.5, 0.6) is 11.5 Å². The number of aliphatic hydroxyl groups is 1. The van der Waals surface area contributed by atoms with Crippen LogP contribution in [0.3, 0.4) is 0 Å². The van der Waals surface area contributed by atoms with E-state index in [2.05, 4.69) is 15.6 Å². The van der Waals surface area contributed by atoms with E-state index in [1.54, 1.807) is 21.3 Å². The molecular formula is C20H27N3O3. The van der Waals surface area contributed by atoms with E-state index in [9.17, 15) is 5.11 Å². The van der Waals surface area contributed by atoms with Gasteiger partial charge in [-0.2, -0.15) is 0 Å². The number of aliphatic imine (C=N–C) groups is 1. The van der Waals surface area contributed by atoms with E-state index in [0.717, 1.165) is 11.1 Å². The van der Waals surface area contributed by atoms with Gasteiger partial charge in [-0.15, -0.1) is 0 Å². The van der Waals surface area contributed by atoms with Gasteiger partial charge < -0.3 is 25.2 Å². The summed E-state index contributed by atoms with van der Waals surface area (Å²) in [4.78, 5) is 4.24. The monoisotopic (exact) mass is 357 g/mol. The first-order chi connectivity index (χ1) is 12.7. The number of aliphatic hydroxyl groups excluding tert-OH is 1. The third-order valence-electron chi connectivity index (χ3n) is 4.14. The van der Waals surface area contributed by atoms with Gasteiger partial charge in [0.1, 0.15) is 0 Å². The Morgan fingerprint density at radius 1 is 1.04 bits per heavy atom. The van der Waals surface area contributed by atoms with E-state index < -0.39 is 0 Å². The lowest BCUT2D eigenvalue weighted by atomic mass is 10.0. The highest BCUT2D eigenvalue weighted by molar-refractivity contribution is 5.79. The molecule has 2 rings (SSSR count). The average Bonchev–Trinajstić information content (AvgIpc) is 2.71. The van der Waals surface area contributed by atoms with E-state index in [1.165, 1.54) is 0 Å². The molecule has 2 aromatic rings. The third-order valence-corrected chi connectivity index (χ3v) is 4.14. The van der Waals surface area contributed by atoms with E-state index in [1.807, 2.05) is 48.5 Å². The smallest absolute Gasteiger partial charge is 0.191 e. The zero-order valence-corrected chi connectivity index (χ0v) is 15.5. The maximum absolute atomic E-state index is 9.65. The van der Waals surface area contributed by atoms with Gasteiger partial charge >= 0.3 is 0 Å². The van der Waals surface area contributed by atoms with Crippen molar-refractivity contribution >= 4 is 5.96 Å². The Bertz CT molecular complexity index is 705. The van der Waals surface area contributed by atoms with Gasteiger partial charge in [-0.25, -0.2) is 0 Å². The molecule has 0 bridgehead atoms. The highest BCUT2D eigenvalue weighted by atomic mass is 16.5. The van der Waals surface area contributed by atoms with Gasteiger partial charge in [-0.1, -0.05) is 36.4 Å². The van der Waals surface area contributed by atoms with Crippen molar-refractivity contribution in [3.8, 4) is 11.5 Å². The summed E-state index contributed by atoms with van der Waals surface area (Å²) in [6, 6.07) is 15.7. The molecule has 3 N–H and O–H groups in total. The first-order valence-corrected chi connectivity index (χ1v) is 8.53. The SMILES string of the molecule is CN=C(NCc1ccc(OC)c(OC)c1)NCC(CO)c1ccccc1. The molecule has 0 heterocycles. The molecule has 140 valence electrons. The fourth-order valence-electron chi connectivity index (χ4n) is 2.63. The van der Waals surface area contributed by atoms with Crippen LogP contribution < -0.4 is 20.1 Å². The Hall–Kier alpha value is -2.73. The number of rotatable bonds is 8. The average molecular weight is 357 g/mol. The molecule has 6 heteroatoms. The predicted octanol–water partition coefficient (Wildman–Crippen LogP) is 2.14. The van der Waals surface area contributed by atoms with Crippen LogP contribution in [0.1, 0.15) is 17.0 Å². The summed E-state index contributed by atoms with van der Waals surface area (Å²) < 4.78 is 10.6. The fraction of sp³-hybridized carbons (Fsp3) is 0.350. The molecule has 0 amide bonds. The van der Waals surface area contributed by atoms with Crippen molar-refractivity contribution in [3.63, 3.8) is 0 Å². The Balaban J connectivity index is 1.91. The lowest BCUT2D eigenvalue weighted by molar-refractivity contribution is 0.265. The predicted molar refractivity (Wildman–Crippen MR) is 104 cm³/mol. The number of guanidine groups is 1. The van der Waals surface area contributed by atoms with Crippen molar-refractivity contribution in [2.24, 2.45) is 4.99 Å². The van der Waals surface area contributed by atoms with Gasteiger partial charge in [-0.05, 0) is 23.3 Å². The fourth-order valence-corrected chi connectivity index (χ4v) is 2.63. The van der Waals surface area contributed by atoms with Crippen molar-refractivity contribution in [2.45, 2.75) is 12.5 Å². The zero-order chi connectivity index (χ0) is 18.8. The molecule has 0 aliphatic carbocycles. The number of ether oxygens (including phenoxy) is 2. The third kappa shape index (κ3) is 5.39. The molecule has 0 radical (unpaired) electrons. The molecule has 0 spiro atoms. The van der Waals surface area contributed by atoms with Crippen LogP contribution in [0.25, 0.3) is 0 Å². The summed E-state index contributed by atoms with van der Waals surface area (Å²) in [6.45, 7) is 1.25. The quantitative estimate of drug-likeness (QED) is 0.499. The van der Waals surface area contributed by atoms with E-state index in [4.69, 9.17) is 9.47 Å². The number of hydrogen-bond acceptors (Lipinski definition) is 4. The summed E-state index contributed by atoms with van der Waals surface area (Å²) in [7, 11) is 4.96. The van der Waals surface area contributed by atoms with Crippen LogP contribution in [-0.2, 0) is 6.54 Å². The van der Waals surface area contributed by atoms with Crippen LogP contribution in [0, 0.1) is 0 Å². The molecular weight excluding hydrogens is 330 g/mol. The van der Waals surface area contributed by atoms with Gasteiger partial charge in [-0.3, -0.25) is 4.99 Å². The molecule has 0 saturated carbocycles. The minimum atomic E-state index is 0.0100. The number of hydrogen-bond donors (Lipinski definition) is 3. The molecule has 6 nitrogen and oxygen atoms in total. The minimum Gasteiger partial charge on any atom is -0.493 e. The van der Waals surface area contributed by atoms with E-state index in [0.29, 0.717) is 30.5 Å². The van der Waals surface area contributed by atoms with Crippen molar-refractivity contribution in [1.82, 2.24) is 10.6 Å². The molecule has 0 aliphatic rings. The van der Waals surface area contributed by atoms with Gasteiger partial charge in [0.2, 0.25) is 0 Å². The van der Waals surface area contributed by atoms with Crippen LogP contribution in [-0.4, -0.2) is 45.5 Å². The van der Waals surface area contributed by atoms with E-state index in [-0.39, 0.29) is 12.5 Å². The molecule has 2 aromatic carbocycles. The summed E-state index contributed by atoms with van der Waals surface area (Å²) in [5.41, 5.74) is 2.14. The summed E-state index contributed by atoms with van der Waals surface area (Å²) >= 11 is 0. The van der Waals surface area contributed by atoms with Gasteiger partial charge in [0.15, 0.2) is 17.5 Å². The van der Waals surface area contributed by atoms with Crippen molar-refractivity contribution in [1.29, 1.82) is 0 Å². The lowest BCUT2D eigenvalue weighted by Gasteiger charge is -2.18. The summed E-state index contributed by atoms with van der Waals surface area (Å²) in [5, 5.41) is 16.2. The first-order valence-electron chi connectivity index (χ1n) is 8.53. The molecule has 1 atom stereocenters. The summed E-state index contributed by atoms with van der Waals surface area (Å²) in [5.74, 6) is 2.08. The Morgan fingerprint density at radius 2 is 1.77 bits per heavy atom. The highest BCUT2D eigenvalue weighted by Gasteiger charge is 2.11. The Morgan fingerprint density at radius 3 is 2.38 bits per heavy atom. The molecule has 0 aromatic heterocycles. The molecule has 0 saturated heterocycles. The molecule has 0 aliphatic heterocycles. The molecule has 0 fully saturated rings. The van der Waals surface area contributed by atoms with Crippen LogP contribution in [0.15, 0.2) is 53.5 Å². The number of nitrogens with one attached hydrogen (secondary N) is 2. The van der Waals surface area contributed by atoms with Gasteiger partial charge in [0.25, 0.3) is 0 Å². The number of benzene rings is 2. The van der Waals surface area contributed by atoms with Crippen molar-refractivity contribution in [3.05, 3.63) is 59.7 Å². The van der Waals surface area contributed by atoms with Gasteiger partial charge in [0.05, 0.1) is 20.8 Å². The van der Waals surface area contributed by atoms with Crippen LogP contribution in [0.2, 0.25) is 0 Å². The maximum atomic E-state index is 9.65. The van der Waals surface area contributed by atoms with Gasteiger partial charge in [0, 0.05) is 26.1 Å². The second-order valence-electron chi connectivity index (χ2n) is 5.79. The van der Waals surface area contributed by atoms with Crippen molar-refractivity contribution < 1.29 is 14.6 Å². The standard InChI is InChI=1S/C20H27N3O3/c1-21-20(23-13-17(14-24)16-7-5-4-6-8-16)22-12-15-9-10-18(25-2)19(11-15)26-3/h4-11,17,24H,12-14H2,1-3H3,(H2,21,22,23). The second kappa shape index (κ2) is 10.3. The number of nitrogens with zero attached hydrogens (tertiary/aromatic N) is 1. The molecule has 1 unspecified atom stereocenters. The normalized spacial score (nSPS) is 12.4. The second-order valence-corrected chi connectivity index (χ2v) is 5.79. The lowest BCUT2D eigenvalue weighted by Crippen LogP contribution is -2.39. The minimum absolute atomic E-state index is 0.0100. The van der Waals surface area contributed by atoms with Crippen molar-refractivity contribution in [2.75, 3.05) is 34.4 Å². The number of methoxy groups -OCH3 is 2. The maximum Gasteiger partial charge on any atom is 0.191 e. The Kier molecular flexibility index (Phi) is 7.76. The Labute approximate surface area is 154 Å².